The lowest BCUT2D eigenvalue weighted by atomic mass is 10.2. The van der Waals surface area contributed by atoms with Crippen molar-refractivity contribution in [1.82, 2.24) is 4.90 Å². The molecular formula is C11H13BrClNO. The summed E-state index contributed by atoms with van der Waals surface area (Å²) >= 11 is 9.53. The number of halogens is 2. The van der Waals surface area contributed by atoms with Gasteiger partial charge in [0.15, 0.2) is 0 Å². The van der Waals surface area contributed by atoms with Crippen molar-refractivity contribution < 1.29 is 5.11 Å². The van der Waals surface area contributed by atoms with Gasteiger partial charge in [0.05, 0.1) is 6.10 Å². The normalized spacial score (nSPS) is 22.2. The van der Waals surface area contributed by atoms with Crippen molar-refractivity contribution in [2.75, 3.05) is 13.1 Å². The minimum Gasteiger partial charge on any atom is -0.392 e. The quantitative estimate of drug-likeness (QED) is 0.905. The third-order valence-corrected chi connectivity index (χ3v) is 3.51. The molecule has 82 valence electrons. The molecule has 0 bridgehead atoms. The van der Waals surface area contributed by atoms with Gasteiger partial charge in [0, 0.05) is 29.1 Å². The minimum absolute atomic E-state index is 0.170. The predicted molar refractivity (Wildman–Crippen MR) is 65.1 cm³/mol. The molecule has 1 aromatic carbocycles. The highest BCUT2D eigenvalue weighted by Crippen LogP contribution is 2.23. The molecule has 0 unspecified atom stereocenters. The Morgan fingerprint density at radius 3 is 3.00 bits per heavy atom. The number of hydrogen-bond donors (Lipinski definition) is 1. The molecule has 1 aliphatic rings. The Labute approximate surface area is 103 Å². The van der Waals surface area contributed by atoms with Gasteiger partial charge in [-0.15, -0.1) is 0 Å². The highest BCUT2D eigenvalue weighted by atomic mass is 79.9. The number of benzene rings is 1. The van der Waals surface area contributed by atoms with Gasteiger partial charge in [0.2, 0.25) is 0 Å². The Kier molecular flexibility index (Phi) is 3.67. The van der Waals surface area contributed by atoms with Crippen molar-refractivity contribution in [3.63, 3.8) is 0 Å². The Balaban J connectivity index is 2.07. The zero-order chi connectivity index (χ0) is 10.8. The lowest BCUT2D eigenvalue weighted by molar-refractivity contribution is 0.175. The van der Waals surface area contributed by atoms with Crippen LogP contribution in [0, 0.1) is 0 Å². The number of aliphatic hydroxyl groups is 1. The first-order valence-corrected chi connectivity index (χ1v) is 6.16. The van der Waals surface area contributed by atoms with Crippen LogP contribution in [0.25, 0.3) is 0 Å². The van der Waals surface area contributed by atoms with Gasteiger partial charge in [0.1, 0.15) is 0 Å². The molecule has 2 rings (SSSR count). The smallest absolute Gasteiger partial charge is 0.0679 e. The Morgan fingerprint density at radius 1 is 1.53 bits per heavy atom. The van der Waals surface area contributed by atoms with Crippen molar-refractivity contribution in [3.05, 3.63) is 33.3 Å². The van der Waals surface area contributed by atoms with E-state index in [0.29, 0.717) is 0 Å². The Bertz CT molecular complexity index is 358. The van der Waals surface area contributed by atoms with Crippen LogP contribution in [0.5, 0.6) is 0 Å². The summed E-state index contributed by atoms with van der Waals surface area (Å²) in [5.74, 6) is 0. The van der Waals surface area contributed by atoms with Crippen LogP contribution in [-0.4, -0.2) is 29.2 Å². The van der Waals surface area contributed by atoms with E-state index in [2.05, 4.69) is 20.8 Å². The fourth-order valence-electron chi connectivity index (χ4n) is 1.86. The zero-order valence-electron chi connectivity index (χ0n) is 8.29. The minimum atomic E-state index is -0.170. The van der Waals surface area contributed by atoms with E-state index < -0.39 is 0 Å². The summed E-state index contributed by atoms with van der Waals surface area (Å²) in [6.07, 6.45) is 0.696. The van der Waals surface area contributed by atoms with Gasteiger partial charge >= 0.3 is 0 Å². The Hall–Kier alpha value is -0.0900. The molecule has 0 spiro atoms. The highest BCUT2D eigenvalue weighted by Gasteiger charge is 2.20. The zero-order valence-corrected chi connectivity index (χ0v) is 10.6. The second kappa shape index (κ2) is 4.83. The molecule has 1 N–H and O–H groups in total. The van der Waals surface area contributed by atoms with E-state index in [0.717, 1.165) is 41.1 Å². The van der Waals surface area contributed by atoms with Gasteiger partial charge in [-0.1, -0.05) is 27.5 Å². The van der Waals surface area contributed by atoms with E-state index in [1.165, 1.54) is 0 Å². The average molecular weight is 291 g/mol. The first kappa shape index (κ1) is 11.4. The SMILES string of the molecule is O[C@H]1CCN(Cc2cc(Br)ccc2Cl)C1. The standard InChI is InChI=1S/C11H13BrClNO/c12-9-1-2-11(13)8(5-9)6-14-4-3-10(15)7-14/h1-2,5,10,15H,3-4,6-7H2/t10-/m0/s1. The van der Waals surface area contributed by atoms with Crippen molar-refractivity contribution in [2.24, 2.45) is 0 Å². The number of hydrogen-bond acceptors (Lipinski definition) is 2. The van der Waals surface area contributed by atoms with E-state index in [-0.39, 0.29) is 6.10 Å². The first-order valence-electron chi connectivity index (χ1n) is 4.99. The molecule has 0 radical (unpaired) electrons. The Morgan fingerprint density at radius 2 is 2.33 bits per heavy atom. The molecule has 2 nitrogen and oxygen atoms in total. The fourth-order valence-corrected chi connectivity index (χ4v) is 2.45. The van der Waals surface area contributed by atoms with Crippen LogP contribution in [0.15, 0.2) is 22.7 Å². The lowest BCUT2D eigenvalue weighted by Crippen LogP contribution is -2.21. The maximum atomic E-state index is 9.42. The summed E-state index contributed by atoms with van der Waals surface area (Å²) in [7, 11) is 0. The third kappa shape index (κ3) is 2.94. The third-order valence-electron chi connectivity index (χ3n) is 2.65. The molecule has 1 aromatic rings. The van der Waals surface area contributed by atoms with Crippen LogP contribution in [0.3, 0.4) is 0 Å². The van der Waals surface area contributed by atoms with E-state index in [1.807, 2.05) is 18.2 Å². The van der Waals surface area contributed by atoms with Crippen LogP contribution < -0.4 is 0 Å². The first-order chi connectivity index (χ1) is 7.15. The maximum Gasteiger partial charge on any atom is 0.0679 e. The monoisotopic (exact) mass is 289 g/mol. The molecule has 1 fully saturated rings. The maximum absolute atomic E-state index is 9.42. The van der Waals surface area contributed by atoms with E-state index >= 15 is 0 Å². The van der Waals surface area contributed by atoms with E-state index in [1.54, 1.807) is 0 Å². The molecule has 1 aliphatic heterocycles. The summed E-state index contributed by atoms with van der Waals surface area (Å²) in [6.45, 7) is 2.52. The van der Waals surface area contributed by atoms with Crippen molar-refractivity contribution in [3.8, 4) is 0 Å². The number of likely N-dealkylation sites (tertiary alicyclic amines) is 1. The van der Waals surface area contributed by atoms with Crippen molar-refractivity contribution in [2.45, 2.75) is 19.1 Å². The average Bonchev–Trinajstić information content (AvgIpc) is 2.58. The molecule has 15 heavy (non-hydrogen) atoms. The number of rotatable bonds is 2. The second-order valence-electron chi connectivity index (χ2n) is 3.91. The molecule has 0 aliphatic carbocycles. The topological polar surface area (TPSA) is 23.5 Å². The van der Waals surface area contributed by atoms with Gasteiger partial charge in [-0.2, -0.15) is 0 Å². The largest absolute Gasteiger partial charge is 0.392 e. The number of nitrogens with zero attached hydrogens (tertiary/aromatic N) is 1. The van der Waals surface area contributed by atoms with Gasteiger partial charge in [-0.3, -0.25) is 4.90 Å². The van der Waals surface area contributed by atoms with Crippen LogP contribution in [0.4, 0.5) is 0 Å². The van der Waals surface area contributed by atoms with Crippen LogP contribution >= 0.6 is 27.5 Å². The van der Waals surface area contributed by atoms with Crippen LogP contribution in [0.1, 0.15) is 12.0 Å². The second-order valence-corrected chi connectivity index (χ2v) is 5.24. The summed E-state index contributed by atoms with van der Waals surface area (Å²) in [4.78, 5) is 2.22. The van der Waals surface area contributed by atoms with Crippen molar-refractivity contribution in [1.29, 1.82) is 0 Å². The van der Waals surface area contributed by atoms with Gasteiger partial charge in [-0.25, -0.2) is 0 Å². The molecular weight excluding hydrogens is 277 g/mol. The van der Waals surface area contributed by atoms with E-state index in [9.17, 15) is 5.11 Å². The number of β-amino-alcohol motifs (C(OH)–C–C–N with tert-alkyl or cyclic N) is 1. The summed E-state index contributed by atoms with van der Waals surface area (Å²) in [6, 6.07) is 5.87. The molecule has 1 atom stereocenters. The van der Waals surface area contributed by atoms with Crippen LogP contribution in [0.2, 0.25) is 5.02 Å². The van der Waals surface area contributed by atoms with Crippen molar-refractivity contribution >= 4 is 27.5 Å². The van der Waals surface area contributed by atoms with E-state index in [4.69, 9.17) is 11.6 Å². The molecule has 0 amide bonds. The molecule has 1 saturated heterocycles. The highest BCUT2D eigenvalue weighted by molar-refractivity contribution is 9.10. The lowest BCUT2D eigenvalue weighted by Gasteiger charge is -2.15. The fraction of sp³-hybridized carbons (Fsp3) is 0.455. The molecule has 0 saturated carbocycles. The number of aliphatic hydroxyl groups excluding tert-OH is 1. The summed E-state index contributed by atoms with van der Waals surface area (Å²) in [5.41, 5.74) is 1.11. The predicted octanol–water partition coefficient (Wildman–Crippen LogP) is 2.67. The molecule has 1 heterocycles. The van der Waals surface area contributed by atoms with Gasteiger partial charge in [0.25, 0.3) is 0 Å². The molecule has 4 heteroatoms. The van der Waals surface area contributed by atoms with Gasteiger partial charge in [-0.05, 0) is 30.2 Å². The summed E-state index contributed by atoms with van der Waals surface area (Å²) in [5, 5.41) is 10.2. The summed E-state index contributed by atoms with van der Waals surface area (Å²) < 4.78 is 1.04. The molecule has 0 aromatic heterocycles. The van der Waals surface area contributed by atoms with Crippen LogP contribution in [-0.2, 0) is 6.54 Å². The van der Waals surface area contributed by atoms with Gasteiger partial charge < -0.3 is 5.11 Å².